The molecule has 0 unspecified atom stereocenters. The number of para-hydroxylation sites is 1. The number of rotatable bonds is 3. The van der Waals surface area contributed by atoms with Crippen molar-refractivity contribution < 1.29 is 9.59 Å². The number of nitrogens with zero attached hydrogens (tertiary/aromatic N) is 1. The van der Waals surface area contributed by atoms with Crippen molar-refractivity contribution in [2.75, 3.05) is 4.90 Å². The summed E-state index contributed by atoms with van der Waals surface area (Å²) in [5.41, 5.74) is 2.99. The molecule has 1 saturated heterocycles. The zero-order valence-corrected chi connectivity index (χ0v) is 16.1. The van der Waals surface area contributed by atoms with Gasteiger partial charge in [0.15, 0.2) is 0 Å². The molecule has 3 aromatic rings. The first-order chi connectivity index (χ1) is 14.3. The van der Waals surface area contributed by atoms with Crippen LogP contribution in [0.3, 0.4) is 0 Å². The van der Waals surface area contributed by atoms with Gasteiger partial charge in [0.25, 0.3) is 0 Å². The minimum atomic E-state index is -0.316. The summed E-state index contributed by atoms with van der Waals surface area (Å²) >= 11 is 0. The van der Waals surface area contributed by atoms with Crippen LogP contribution >= 0.6 is 0 Å². The first kappa shape index (κ1) is 17.9. The molecule has 0 bridgehead atoms. The van der Waals surface area contributed by atoms with E-state index >= 15 is 0 Å². The second kappa shape index (κ2) is 7.32. The van der Waals surface area contributed by atoms with E-state index in [-0.39, 0.29) is 35.5 Å². The van der Waals surface area contributed by atoms with Crippen LogP contribution in [0.2, 0.25) is 0 Å². The van der Waals surface area contributed by atoms with Crippen LogP contribution in [0.5, 0.6) is 0 Å². The van der Waals surface area contributed by atoms with E-state index in [4.69, 9.17) is 0 Å². The third-order valence-corrected chi connectivity index (χ3v) is 6.52. The summed E-state index contributed by atoms with van der Waals surface area (Å²) in [6, 6.07) is 29.8. The Morgan fingerprint density at radius 3 is 1.34 bits per heavy atom. The lowest BCUT2D eigenvalue weighted by atomic mass is 9.64. The van der Waals surface area contributed by atoms with Gasteiger partial charge in [0.05, 0.1) is 17.5 Å². The summed E-state index contributed by atoms with van der Waals surface area (Å²) in [5.74, 6) is -0.591. The maximum atomic E-state index is 13.6. The maximum absolute atomic E-state index is 13.6. The van der Waals surface area contributed by atoms with E-state index in [1.54, 1.807) is 0 Å². The zero-order valence-electron chi connectivity index (χ0n) is 16.1. The number of anilines is 1. The highest BCUT2D eigenvalue weighted by Crippen LogP contribution is 2.53. The number of hydrogen-bond donors (Lipinski definition) is 0. The third kappa shape index (κ3) is 2.98. The van der Waals surface area contributed by atoms with Gasteiger partial charge < -0.3 is 0 Å². The molecule has 1 heterocycles. The van der Waals surface area contributed by atoms with Crippen LogP contribution < -0.4 is 4.90 Å². The zero-order chi connectivity index (χ0) is 19.8. The fourth-order valence-electron chi connectivity index (χ4n) is 5.26. The minimum absolute atomic E-state index is 0.0549. The molecule has 2 aliphatic rings. The van der Waals surface area contributed by atoms with E-state index in [1.807, 2.05) is 66.7 Å². The van der Waals surface area contributed by atoms with E-state index in [9.17, 15) is 9.59 Å². The van der Waals surface area contributed by atoms with Gasteiger partial charge in [-0.2, -0.15) is 0 Å². The lowest BCUT2D eigenvalue weighted by Gasteiger charge is -2.37. The molecule has 0 N–H and O–H groups in total. The van der Waals surface area contributed by atoms with Crippen LogP contribution in [0.4, 0.5) is 5.69 Å². The van der Waals surface area contributed by atoms with Crippen LogP contribution in [0, 0.1) is 11.8 Å². The number of carbonyl (C=O) groups excluding carboxylic acids is 2. The van der Waals surface area contributed by atoms with Crippen LogP contribution in [-0.2, 0) is 9.59 Å². The number of fused-ring (bicyclic) bond motifs is 1. The number of amides is 2. The lowest BCUT2D eigenvalue weighted by molar-refractivity contribution is -0.122. The largest absolute Gasteiger partial charge is 0.274 e. The molecular formula is C26H23NO2. The van der Waals surface area contributed by atoms with E-state index < -0.39 is 0 Å². The predicted octanol–water partition coefficient (Wildman–Crippen LogP) is 5.15. The van der Waals surface area contributed by atoms with Gasteiger partial charge in [-0.05, 0) is 47.9 Å². The summed E-state index contributed by atoms with van der Waals surface area (Å²) in [4.78, 5) is 28.7. The number of carbonyl (C=O) groups is 2. The van der Waals surface area contributed by atoms with E-state index in [2.05, 4.69) is 24.3 Å². The number of hydrogen-bond acceptors (Lipinski definition) is 2. The summed E-state index contributed by atoms with van der Waals surface area (Å²) in [6.07, 6.45) is 1.82. The maximum Gasteiger partial charge on any atom is 0.238 e. The fraction of sp³-hybridized carbons (Fsp3) is 0.231. The Hall–Kier alpha value is -3.20. The molecule has 4 atom stereocenters. The van der Waals surface area contributed by atoms with Crippen LogP contribution in [0.25, 0.3) is 0 Å². The van der Waals surface area contributed by atoms with Crippen molar-refractivity contribution in [2.24, 2.45) is 11.8 Å². The van der Waals surface area contributed by atoms with Crippen molar-refractivity contribution in [1.82, 2.24) is 0 Å². The highest BCUT2D eigenvalue weighted by Gasteiger charge is 2.56. The van der Waals surface area contributed by atoms with E-state index in [0.29, 0.717) is 5.69 Å². The molecule has 0 aromatic heterocycles. The highest BCUT2D eigenvalue weighted by atomic mass is 16.2. The Labute approximate surface area is 171 Å². The molecule has 3 nitrogen and oxygen atoms in total. The van der Waals surface area contributed by atoms with Gasteiger partial charge >= 0.3 is 0 Å². The van der Waals surface area contributed by atoms with Crippen molar-refractivity contribution >= 4 is 17.5 Å². The summed E-state index contributed by atoms with van der Waals surface area (Å²) < 4.78 is 0. The average molecular weight is 381 g/mol. The molecule has 1 aliphatic heterocycles. The van der Waals surface area contributed by atoms with E-state index in [0.717, 1.165) is 24.0 Å². The van der Waals surface area contributed by atoms with Gasteiger partial charge in [0.2, 0.25) is 11.8 Å². The Morgan fingerprint density at radius 1 is 0.552 bits per heavy atom. The molecule has 2 fully saturated rings. The number of benzene rings is 3. The van der Waals surface area contributed by atoms with Crippen molar-refractivity contribution in [3.63, 3.8) is 0 Å². The second-order valence-electron chi connectivity index (χ2n) is 8.01. The van der Waals surface area contributed by atoms with Crippen LogP contribution in [-0.4, -0.2) is 11.8 Å². The molecule has 29 heavy (non-hydrogen) atoms. The first-order valence-electron chi connectivity index (χ1n) is 10.3. The van der Waals surface area contributed by atoms with Crippen LogP contribution in [0.15, 0.2) is 91.0 Å². The Kier molecular flexibility index (Phi) is 4.51. The SMILES string of the molecule is O=C1[C@@H]2[C@@H](C(=O)N1c1ccccc1)[C@@H](c1ccccc1)CC[C@@H]2c1ccccc1. The van der Waals surface area contributed by atoms with Gasteiger partial charge in [0, 0.05) is 0 Å². The Balaban J connectivity index is 1.60. The molecule has 0 radical (unpaired) electrons. The topological polar surface area (TPSA) is 37.4 Å². The van der Waals surface area contributed by atoms with Gasteiger partial charge in [-0.15, -0.1) is 0 Å². The second-order valence-corrected chi connectivity index (χ2v) is 8.01. The summed E-state index contributed by atoms with van der Waals surface area (Å²) in [5, 5.41) is 0. The standard InChI is InChI=1S/C26H23NO2/c28-25-23-21(18-10-4-1-5-11-18)16-17-22(19-12-6-2-7-13-19)24(23)26(29)27(25)20-14-8-3-9-15-20/h1-15,21-24H,16-17H2/t21-,22-,23+,24+/m1/s1. The quantitative estimate of drug-likeness (QED) is 0.588. The van der Waals surface area contributed by atoms with Crippen molar-refractivity contribution in [1.29, 1.82) is 0 Å². The number of imide groups is 1. The highest BCUT2D eigenvalue weighted by molar-refractivity contribution is 6.22. The first-order valence-corrected chi connectivity index (χ1v) is 10.3. The van der Waals surface area contributed by atoms with Crippen LogP contribution in [0.1, 0.15) is 35.8 Å². The summed E-state index contributed by atoms with van der Waals surface area (Å²) in [6.45, 7) is 0. The van der Waals surface area contributed by atoms with Crippen molar-refractivity contribution in [3.05, 3.63) is 102 Å². The van der Waals surface area contributed by atoms with Crippen molar-refractivity contribution in [2.45, 2.75) is 24.7 Å². The van der Waals surface area contributed by atoms with Gasteiger partial charge in [-0.3, -0.25) is 14.5 Å². The lowest BCUT2D eigenvalue weighted by Crippen LogP contribution is -2.34. The van der Waals surface area contributed by atoms with Crippen molar-refractivity contribution in [3.8, 4) is 0 Å². The van der Waals surface area contributed by atoms with Gasteiger partial charge in [-0.1, -0.05) is 78.9 Å². The van der Waals surface area contributed by atoms with Gasteiger partial charge in [0.1, 0.15) is 0 Å². The predicted molar refractivity (Wildman–Crippen MR) is 114 cm³/mol. The summed E-state index contributed by atoms with van der Waals surface area (Å²) in [7, 11) is 0. The smallest absolute Gasteiger partial charge is 0.238 e. The minimum Gasteiger partial charge on any atom is -0.274 e. The third-order valence-electron chi connectivity index (χ3n) is 6.52. The molecule has 1 saturated carbocycles. The van der Waals surface area contributed by atoms with E-state index in [1.165, 1.54) is 4.90 Å². The van der Waals surface area contributed by atoms with Gasteiger partial charge in [-0.25, -0.2) is 0 Å². The normalized spacial score (nSPS) is 26.4. The average Bonchev–Trinajstić information content (AvgIpc) is 3.06. The monoisotopic (exact) mass is 381 g/mol. The molecule has 3 aromatic carbocycles. The molecule has 1 aliphatic carbocycles. The Morgan fingerprint density at radius 2 is 0.931 bits per heavy atom. The Bertz CT molecular complexity index is 951. The fourth-order valence-corrected chi connectivity index (χ4v) is 5.26. The molecule has 2 amide bonds. The molecule has 5 rings (SSSR count). The molecule has 144 valence electrons. The molecule has 0 spiro atoms. The molecular weight excluding hydrogens is 358 g/mol. The molecule has 3 heteroatoms.